The molecule has 0 aromatic heterocycles. The van der Waals surface area contributed by atoms with Gasteiger partial charge in [-0.15, -0.1) is 0 Å². The minimum atomic E-state index is -1.32. The summed E-state index contributed by atoms with van der Waals surface area (Å²) in [5, 5.41) is 22.9. The van der Waals surface area contributed by atoms with E-state index in [4.69, 9.17) is 23.2 Å². The molecular formula is C36H34Cl2N6O4. The van der Waals surface area contributed by atoms with Gasteiger partial charge in [-0.3, -0.25) is 19.2 Å². The third-order valence-corrected chi connectivity index (χ3v) is 7.92. The van der Waals surface area contributed by atoms with Crippen LogP contribution in [0.5, 0.6) is 0 Å². The largest absolute Gasteiger partial charge is 0.324 e. The molecule has 0 aliphatic rings. The second kappa shape index (κ2) is 15.7. The van der Waals surface area contributed by atoms with Gasteiger partial charge in [0.25, 0.3) is 11.8 Å². The highest BCUT2D eigenvalue weighted by atomic mass is 35.5. The molecular weight excluding hydrogens is 651 g/mol. The molecule has 2 amide bonds. The molecule has 4 aromatic carbocycles. The summed E-state index contributed by atoms with van der Waals surface area (Å²) in [6.07, 6.45) is 0. The highest BCUT2D eigenvalue weighted by molar-refractivity contribution is 6.31. The van der Waals surface area contributed by atoms with Crippen molar-refractivity contribution in [1.82, 2.24) is 0 Å². The standard InChI is InChI=1S/C36H34Cl2N6O4/c1-19-15-25(7-11-29(19)39-35(47)33(23(5)45)43-41-31-13-9-27(37)17-21(31)3)26-8-12-30(20(2)16-26)40-36(48)34(24(6)46)44-42-32-14-10-28(38)18-22(32)4/h7-18,33-34H,1-6H3,(H,39,47)(H,40,48). The molecule has 10 nitrogen and oxygen atoms in total. The van der Waals surface area contributed by atoms with Crippen molar-refractivity contribution < 1.29 is 19.2 Å². The first kappa shape index (κ1) is 35.8. The summed E-state index contributed by atoms with van der Waals surface area (Å²) in [4.78, 5) is 50.6. The topological polar surface area (TPSA) is 142 Å². The van der Waals surface area contributed by atoms with Crippen molar-refractivity contribution in [3.63, 3.8) is 0 Å². The van der Waals surface area contributed by atoms with Crippen LogP contribution >= 0.6 is 23.2 Å². The molecule has 0 aliphatic carbocycles. The monoisotopic (exact) mass is 684 g/mol. The minimum absolute atomic E-state index is 0.450. The van der Waals surface area contributed by atoms with Crippen molar-refractivity contribution in [2.24, 2.45) is 20.5 Å². The predicted octanol–water partition coefficient (Wildman–Crippen LogP) is 9.25. The van der Waals surface area contributed by atoms with Crippen molar-refractivity contribution in [2.75, 3.05) is 10.6 Å². The highest BCUT2D eigenvalue weighted by Gasteiger charge is 2.25. The number of ketones is 2. The Balaban J connectivity index is 1.46. The number of carbonyl (C=O) groups excluding carboxylic acids is 4. The van der Waals surface area contributed by atoms with Crippen LogP contribution in [0.15, 0.2) is 93.3 Å². The molecule has 2 N–H and O–H groups in total. The highest BCUT2D eigenvalue weighted by Crippen LogP contribution is 2.29. The smallest absolute Gasteiger partial charge is 0.258 e. The summed E-state index contributed by atoms with van der Waals surface area (Å²) < 4.78 is 0. The van der Waals surface area contributed by atoms with Gasteiger partial charge in [0.1, 0.15) is 0 Å². The average molecular weight is 686 g/mol. The number of benzene rings is 4. The first-order chi connectivity index (χ1) is 22.7. The summed E-state index contributed by atoms with van der Waals surface area (Å²) in [7, 11) is 0. The Morgan fingerprint density at radius 2 is 0.917 bits per heavy atom. The molecule has 0 heterocycles. The van der Waals surface area contributed by atoms with E-state index in [-0.39, 0.29) is 0 Å². The molecule has 0 spiro atoms. The van der Waals surface area contributed by atoms with Gasteiger partial charge in [0.05, 0.1) is 11.4 Å². The van der Waals surface area contributed by atoms with Crippen molar-refractivity contribution in [1.29, 1.82) is 0 Å². The number of anilines is 2. The number of hydrogen-bond acceptors (Lipinski definition) is 8. The van der Waals surface area contributed by atoms with Gasteiger partial charge in [-0.05, 0) is 136 Å². The number of azo groups is 2. The molecule has 4 aromatic rings. The summed E-state index contributed by atoms with van der Waals surface area (Å²) in [6.45, 7) is 9.86. The number of halogens is 2. The lowest BCUT2D eigenvalue weighted by atomic mass is 9.99. The van der Waals surface area contributed by atoms with Crippen LogP contribution in [0.25, 0.3) is 11.1 Å². The summed E-state index contributed by atoms with van der Waals surface area (Å²) in [5.74, 6) is -2.10. The van der Waals surface area contributed by atoms with Crippen LogP contribution in [0.4, 0.5) is 22.7 Å². The Hall–Kier alpha value is -5.06. The van der Waals surface area contributed by atoms with E-state index in [9.17, 15) is 19.2 Å². The minimum Gasteiger partial charge on any atom is -0.324 e. The Labute approximate surface area is 288 Å². The van der Waals surface area contributed by atoms with Crippen LogP contribution in [0.1, 0.15) is 36.1 Å². The number of Topliss-reactive ketones (excluding diaryl/α,β-unsaturated/α-hetero) is 2. The molecule has 0 aliphatic heterocycles. The van der Waals surface area contributed by atoms with Gasteiger partial charge in [0.15, 0.2) is 11.6 Å². The molecule has 0 bridgehead atoms. The van der Waals surface area contributed by atoms with Gasteiger partial charge in [-0.2, -0.15) is 20.5 Å². The van der Waals surface area contributed by atoms with E-state index in [0.29, 0.717) is 32.8 Å². The summed E-state index contributed by atoms with van der Waals surface area (Å²) >= 11 is 12.0. The van der Waals surface area contributed by atoms with Gasteiger partial charge in [0, 0.05) is 21.4 Å². The van der Waals surface area contributed by atoms with Crippen molar-refractivity contribution >= 4 is 69.3 Å². The first-order valence-corrected chi connectivity index (χ1v) is 15.7. The fourth-order valence-corrected chi connectivity index (χ4v) is 5.16. The second-order valence-corrected chi connectivity index (χ2v) is 12.2. The molecule has 0 radical (unpaired) electrons. The summed E-state index contributed by atoms with van der Waals surface area (Å²) in [6, 6.07) is 18.4. The quantitative estimate of drug-likeness (QED) is 0.120. The van der Waals surface area contributed by atoms with E-state index < -0.39 is 35.5 Å². The third-order valence-electron chi connectivity index (χ3n) is 7.45. The zero-order valence-electron chi connectivity index (χ0n) is 27.3. The maximum absolute atomic E-state index is 13.0. The first-order valence-electron chi connectivity index (χ1n) is 14.9. The number of amides is 2. The van der Waals surface area contributed by atoms with E-state index in [1.165, 1.54) is 13.8 Å². The van der Waals surface area contributed by atoms with E-state index in [2.05, 4.69) is 31.1 Å². The van der Waals surface area contributed by atoms with Gasteiger partial charge in [0.2, 0.25) is 12.1 Å². The van der Waals surface area contributed by atoms with E-state index in [0.717, 1.165) is 33.4 Å². The van der Waals surface area contributed by atoms with E-state index >= 15 is 0 Å². The lowest BCUT2D eigenvalue weighted by Crippen LogP contribution is -2.32. The van der Waals surface area contributed by atoms with Crippen LogP contribution in [-0.2, 0) is 19.2 Å². The lowest BCUT2D eigenvalue weighted by Gasteiger charge is -2.15. The maximum Gasteiger partial charge on any atom is 0.258 e. The molecule has 4 rings (SSSR count). The second-order valence-electron chi connectivity index (χ2n) is 11.4. The van der Waals surface area contributed by atoms with Crippen LogP contribution in [0.3, 0.4) is 0 Å². The lowest BCUT2D eigenvalue weighted by molar-refractivity contribution is -0.127. The molecule has 0 fully saturated rings. The van der Waals surface area contributed by atoms with E-state index in [1.807, 2.05) is 52.0 Å². The Bertz CT molecular complexity index is 1830. The molecule has 0 saturated heterocycles. The molecule has 2 unspecified atom stereocenters. The Kier molecular flexibility index (Phi) is 11.7. The molecule has 48 heavy (non-hydrogen) atoms. The zero-order chi connectivity index (χ0) is 35.1. The fourth-order valence-electron chi connectivity index (χ4n) is 4.71. The number of nitrogens with one attached hydrogen (secondary N) is 2. The summed E-state index contributed by atoms with van der Waals surface area (Å²) in [5.41, 5.74) is 6.82. The van der Waals surface area contributed by atoms with Gasteiger partial charge in [-0.25, -0.2) is 0 Å². The van der Waals surface area contributed by atoms with Gasteiger partial charge in [-0.1, -0.05) is 35.3 Å². The number of carbonyl (C=O) groups is 4. The van der Waals surface area contributed by atoms with Gasteiger partial charge >= 0.3 is 0 Å². The van der Waals surface area contributed by atoms with Crippen molar-refractivity contribution in [3.05, 3.63) is 105 Å². The molecule has 0 saturated carbocycles. The van der Waals surface area contributed by atoms with Crippen LogP contribution < -0.4 is 10.6 Å². The Morgan fingerprint density at radius 3 is 1.23 bits per heavy atom. The predicted molar refractivity (Wildman–Crippen MR) is 189 cm³/mol. The normalized spacial score (nSPS) is 12.6. The van der Waals surface area contributed by atoms with Crippen LogP contribution in [0.2, 0.25) is 10.0 Å². The number of nitrogens with zero attached hydrogens (tertiary/aromatic N) is 4. The molecule has 12 heteroatoms. The third kappa shape index (κ3) is 9.05. The fraction of sp³-hybridized carbons (Fsp3) is 0.222. The molecule has 2 atom stereocenters. The number of aryl methyl sites for hydroxylation is 4. The zero-order valence-corrected chi connectivity index (χ0v) is 28.8. The van der Waals surface area contributed by atoms with Crippen molar-refractivity contribution in [2.45, 2.75) is 53.6 Å². The Morgan fingerprint density at radius 1 is 0.542 bits per heavy atom. The van der Waals surface area contributed by atoms with Crippen LogP contribution in [0, 0.1) is 27.7 Å². The maximum atomic E-state index is 13.0. The number of hydrogen-bond donors (Lipinski definition) is 2. The number of rotatable bonds is 11. The van der Waals surface area contributed by atoms with Crippen molar-refractivity contribution in [3.8, 4) is 11.1 Å². The average Bonchev–Trinajstić information content (AvgIpc) is 3.01. The van der Waals surface area contributed by atoms with E-state index in [1.54, 1.807) is 48.5 Å². The SMILES string of the molecule is CC(=O)C(N=Nc1ccc(Cl)cc1C)C(=O)Nc1ccc(-c2ccc(NC(=O)C(N=Nc3ccc(Cl)cc3C)C(C)=O)c(C)c2)cc1C. The van der Waals surface area contributed by atoms with Crippen LogP contribution in [-0.4, -0.2) is 35.5 Å². The van der Waals surface area contributed by atoms with Gasteiger partial charge < -0.3 is 10.6 Å². The molecule has 246 valence electrons.